The minimum atomic E-state index is -1.48. The van der Waals surface area contributed by atoms with E-state index in [1.807, 2.05) is 0 Å². The molecule has 18 heavy (non-hydrogen) atoms. The second-order valence-corrected chi connectivity index (χ2v) is 5.37. The predicted molar refractivity (Wildman–Crippen MR) is 72.0 cm³/mol. The summed E-state index contributed by atoms with van der Waals surface area (Å²) in [5, 5.41) is 3.06. The van der Waals surface area contributed by atoms with Gasteiger partial charge in [0, 0.05) is 24.4 Å². The lowest BCUT2D eigenvalue weighted by atomic mass is 10.3. The zero-order chi connectivity index (χ0) is 13.5. The second kappa shape index (κ2) is 7.35. The number of nitrogens with one attached hydrogen (secondary N) is 1. The largest absolute Gasteiger partial charge is 0.398 e. The van der Waals surface area contributed by atoms with Crippen LogP contribution in [0.2, 0.25) is 5.02 Å². The van der Waals surface area contributed by atoms with Crippen molar-refractivity contribution in [2.75, 3.05) is 31.7 Å². The lowest BCUT2D eigenvalue weighted by Gasteiger charge is -2.07. The van der Waals surface area contributed by atoms with Crippen LogP contribution in [0, 0.1) is 0 Å². The van der Waals surface area contributed by atoms with Crippen molar-refractivity contribution in [3.63, 3.8) is 0 Å². The van der Waals surface area contributed by atoms with Crippen LogP contribution in [0.1, 0.15) is 0 Å². The fourth-order valence-electron chi connectivity index (χ4n) is 1.27. The van der Waals surface area contributed by atoms with E-state index in [9.17, 15) is 9.00 Å². The van der Waals surface area contributed by atoms with Gasteiger partial charge < -0.3 is 15.8 Å². The van der Waals surface area contributed by atoms with E-state index < -0.39 is 10.8 Å². The molecule has 1 atom stereocenters. The lowest BCUT2D eigenvalue weighted by molar-refractivity contribution is -0.118. The predicted octanol–water partition coefficient (Wildman–Crippen LogP) is 0.792. The number of ether oxygens (including phenoxy) is 1. The van der Waals surface area contributed by atoms with Gasteiger partial charge in [-0.1, -0.05) is 11.6 Å². The van der Waals surface area contributed by atoms with E-state index in [0.717, 1.165) is 0 Å². The first-order valence-corrected chi connectivity index (χ1v) is 6.93. The van der Waals surface area contributed by atoms with Gasteiger partial charge in [0.1, 0.15) is 5.75 Å². The maximum Gasteiger partial charge on any atom is 0.233 e. The van der Waals surface area contributed by atoms with Crippen molar-refractivity contribution in [1.82, 2.24) is 5.32 Å². The normalized spacial score (nSPS) is 12.1. The Hall–Kier alpha value is -1.11. The Kier molecular flexibility index (Phi) is 6.11. The Morgan fingerprint density at radius 1 is 1.56 bits per heavy atom. The van der Waals surface area contributed by atoms with Gasteiger partial charge >= 0.3 is 0 Å². The Labute approximate surface area is 113 Å². The van der Waals surface area contributed by atoms with Crippen LogP contribution >= 0.6 is 11.6 Å². The van der Waals surface area contributed by atoms with Crippen LogP contribution in [0.15, 0.2) is 23.1 Å². The summed E-state index contributed by atoms with van der Waals surface area (Å²) >= 11 is 5.74. The van der Waals surface area contributed by atoms with Crippen LogP contribution < -0.4 is 11.1 Å². The first-order chi connectivity index (χ1) is 8.54. The van der Waals surface area contributed by atoms with E-state index in [1.165, 1.54) is 6.07 Å². The average molecular weight is 291 g/mol. The number of nitrogen functional groups attached to an aromatic ring is 1. The Balaban J connectivity index is 2.57. The number of carbonyl (C=O) groups is 1. The van der Waals surface area contributed by atoms with Gasteiger partial charge in [-0.15, -0.1) is 0 Å². The molecule has 0 fully saturated rings. The van der Waals surface area contributed by atoms with Gasteiger partial charge in [-0.25, -0.2) is 0 Å². The van der Waals surface area contributed by atoms with Crippen LogP contribution in [0.4, 0.5) is 5.69 Å². The molecule has 0 radical (unpaired) electrons. The van der Waals surface area contributed by atoms with Crippen molar-refractivity contribution < 1.29 is 13.7 Å². The third kappa shape index (κ3) is 4.64. The minimum absolute atomic E-state index is 0.129. The molecular weight excluding hydrogens is 276 g/mol. The molecule has 7 heteroatoms. The fourth-order valence-corrected chi connectivity index (χ4v) is 2.48. The summed E-state index contributed by atoms with van der Waals surface area (Å²) in [6, 6.07) is 4.67. The van der Waals surface area contributed by atoms with Crippen LogP contribution in [-0.2, 0) is 20.3 Å². The molecule has 1 unspecified atom stereocenters. The van der Waals surface area contributed by atoms with Gasteiger partial charge in [-0.05, 0) is 18.2 Å². The zero-order valence-corrected chi connectivity index (χ0v) is 11.5. The number of hydrogen-bond donors (Lipinski definition) is 2. The van der Waals surface area contributed by atoms with Crippen LogP contribution in [-0.4, -0.2) is 36.1 Å². The molecule has 0 aromatic heterocycles. The molecule has 0 heterocycles. The molecule has 100 valence electrons. The number of methoxy groups -OCH3 is 1. The van der Waals surface area contributed by atoms with Crippen LogP contribution in [0.25, 0.3) is 0 Å². The highest BCUT2D eigenvalue weighted by Gasteiger charge is 2.12. The SMILES string of the molecule is COCCNC(=O)CS(=O)c1ccc(Cl)cc1N. The molecule has 5 nitrogen and oxygen atoms in total. The number of halogens is 1. The van der Waals surface area contributed by atoms with E-state index in [1.54, 1.807) is 19.2 Å². The molecule has 0 aliphatic heterocycles. The minimum Gasteiger partial charge on any atom is -0.398 e. The number of hydrogen-bond acceptors (Lipinski definition) is 4. The molecule has 0 aliphatic carbocycles. The van der Waals surface area contributed by atoms with Gasteiger partial charge in [0.15, 0.2) is 0 Å². The summed E-state index contributed by atoms with van der Waals surface area (Å²) in [5.74, 6) is -0.435. The van der Waals surface area contributed by atoms with Crippen molar-refractivity contribution in [3.8, 4) is 0 Å². The topological polar surface area (TPSA) is 81.4 Å². The summed E-state index contributed by atoms with van der Waals surface area (Å²) in [6.45, 7) is 0.810. The summed E-state index contributed by atoms with van der Waals surface area (Å²) in [6.07, 6.45) is 0. The van der Waals surface area contributed by atoms with Crippen molar-refractivity contribution in [1.29, 1.82) is 0 Å². The standard InChI is InChI=1S/C11H15ClN2O3S/c1-17-5-4-14-11(15)7-18(16)10-3-2-8(12)6-9(10)13/h2-3,6H,4-5,7,13H2,1H3,(H,14,15). The van der Waals surface area contributed by atoms with E-state index in [0.29, 0.717) is 28.8 Å². The summed E-state index contributed by atoms with van der Waals surface area (Å²) < 4.78 is 16.7. The van der Waals surface area contributed by atoms with Gasteiger partial charge in [-0.2, -0.15) is 0 Å². The zero-order valence-electron chi connectivity index (χ0n) is 9.94. The van der Waals surface area contributed by atoms with Gasteiger partial charge in [-0.3, -0.25) is 9.00 Å². The van der Waals surface area contributed by atoms with Crippen molar-refractivity contribution in [2.24, 2.45) is 0 Å². The first-order valence-electron chi connectivity index (χ1n) is 5.23. The number of rotatable bonds is 6. The summed E-state index contributed by atoms with van der Waals surface area (Å²) in [5.41, 5.74) is 6.02. The molecule has 0 saturated heterocycles. The number of benzene rings is 1. The Bertz CT molecular complexity index is 454. The van der Waals surface area contributed by atoms with Gasteiger partial charge in [0.2, 0.25) is 5.91 Å². The maximum absolute atomic E-state index is 11.9. The third-order valence-corrected chi connectivity index (χ3v) is 3.73. The van der Waals surface area contributed by atoms with E-state index in [-0.39, 0.29) is 11.7 Å². The molecule has 1 aromatic rings. The smallest absolute Gasteiger partial charge is 0.233 e. The number of carbonyl (C=O) groups excluding carboxylic acids is 1. The third-order valence-electron chi connectivity index (χ3n) is 2.11. The highest BCUT2D eigenvalue weighted by molar-refractivity contribution is 7.86. The molecule has 3 N–H and O–H groups in total. The van der Waals surface area contributed by atoms with Crippen molar-refractivity contribution in [3.05, 3.63) is 23.2 Å². The van der Waals surface area contributed by atoms with Gasteiger partial charge in [0.05, 0.1) is 22.3 Å². The highest BCUT2D eigenvalue weighted by atomic mass is 35.5. The molecule has 0 saturated carbocycles. The molecular formula is C11H15ClN2O3S. The van der Waals surface area contributed by atoms with Crippen LogP contribution in [0.5, 0.6) is 0 Å². The molecule has 1 aromatic carbocycles. The summed E-state index contributed by atoms with van der Waals surface area (Å²) in [4.78, 5) is 11.9. The highest BCUT2D eigenvalue weighted by Crippen LogP contribution is 2.21. The maximum atomic E-state index is 11.9. The van der Waals surface area contributed by atoms with Crippen LogP contribution in [0.3, 0.4) is 0 Å². The number of amides is 1. The van der Waals surface area contributed by atoms with E-state index in [4.69, 9.17) is 22.1 Å². The Morgan fingerprint density at radius 3 is 2.89 bits per heavy atom. The molecule has 1 rings (SSSR count). The summed E-state index contributed by atoms with van der Waals surface area (Å²) in [7, 11) is 0.0651. The monoisotopic (exact) mass is 290 g/mol. The van der Waals surface area contributed by atoms with E-state index >= 15 is 0 Å². The Morgan fingerprint density at radius 2 is 2.28 bits per heavy atom. The van der Waals surface area contributed by atoms with Crippen molar-refractivity contribution in [2.45, 2.75) is 4.90 Å². The van der Waals surface area contributed by atoms with Crippen molar-refractivity contribution >= 4 is 34.0 Å². The lowest BCUT2D eigenvalue weighted by Crippen LogP contribution is -2.31. The molecule has 0 bridgehead atoms. The number of nitrogens with two attached hydrogens (primary N) is 1. The second-order valence-electron chi connectivity index (χ2n) is 3.51. The van der Waals surface area contributed by atoms with E-state index in [2.05, 4.69) is 5.32 Å². The fraction of sp³-hybridized carbons (Fsp3) is 0.364. The molecule has 1 amide bonds. The average Bonchev–Trinajstić information content (AvgIpc) is 2.28. The number of anilines is 1. The molecule has 0 spiro atoms. The molecule has 0 aliphatic rings. The van der Waals surface area contributed by atoms with Gasteiger partial charge in [0.25, 0.3) is 0 Å². The first kappa shape index (κ1) is 14.9. The quantitative estimate of drug-likeness (QED) is 0.599.